The van der Waals surface area contributed by atoms with Crippen molar-refractivity contribution in [1.29, 1.82) is 0 Å². The molecule has 0 atom stereocenters. The summed E-state index contributed by atoms with van der Waals surface area (Å²) >= 11 is 0. The molecule has 0 aliphatic carbocycles. The van der Waals surface area contributed by atoms with Gasteiger partial charge in [0.2, 0.25) is 5.75 Å². The number of aromatic hydroxyl groups is 1. The number of carbonyl (C=O) groups is 1. The van der Waals surface area contributed by atoms with Crippen molar-refractivity contribution in [3.05, 3.63) is 51.8 Å². The first kappa shape index (κ1) is 14.5. The minimum atomic E-state index is -0.729. The number of amides is 1. The van der Waals surface area contributed by atoms with E-state index in [4.69, 9.17) is 0 Å². The summed E-state index contributed by atoms with van der Waals surface area (Å²) in [4.78, 5) is 23.7. The minimum absolute atomic E-state index is 0.101. The van der Waals surface area contributed by atoms with Crippen molar-refractivity contribution in [2.24, 2.45) is 7.05 Å². The van der Waals surface area contributed by atoms with Crippen molar-refractivity contribution in [2.75, 3.05) is 7.05 Å². The van der Waals surface area contributed by atoms with Gasteiger partial charge in [0.15, 0.2) is 0 Å². The number of phenols is 1. The molecule has 8 heteroatoms. The number of para-hydroxylation sites is 1. The Morgan fingerprint density at radius 3 is 2.81 bits per heavy atom. The molecule has 0 saturated carbocycles. The molecule has 1 heterocycles. The van der Waals surface area contributed by atoms with Crippen LogP contribution >= 0.6 is 0 Å². The maximum atomic E-state index is 12.3. The number of nitrogens with zero attached hydrogens (tertiary/aromatic N) is 4. The van der Waals surface area contributed by atoms with Gasteiger partial charge in [-0.05, 0) is 6.07 Å². The maximum Gasteiger partial charge on any atom is 0.311 e. The Labute approximate surface area is 120 Å². The Morgan fingerprint density at radius 2 is 2.24 bits per heavy atom. The van der Waals surface area contributed by atoms with Crippen LogP contribution < -0.4 is 0 Å². The second kappa shape index (κ2) is 5.61. The van der Waals surface area contributed by atoms with Gasteiger partial charge in [-0.3, -0.25) is 19.6 Å². The van der Waals surface area contributed by atoms with Crippen molar-refractivity contribution in [3.8, 4) is 5.75 Å². The molecule has 0 saturated heterocycles. The van der Waals surface area contributed by atoms with E-state index < -0.39 is 22.3 Å². The zero-order valence-corrected chi connectivity index (χ0v) is 11.6. The minimum Gasteiger partial charge on any atom is -0.502 e. The molecule has 0 radical (unpaired) electrons. The van der Waals surface area contributed by atoms with Gasteiger partial charge in [0.25, 0.3) is 5.91 Å². The summed E-state index contributed by atoms with van der Waals surface area (Å²) in [6.07, 6.45) is 3.38. The van der Waals surface area contributed by atoms with Gasteiger partial charge in [-0.2, -0.15) is 5.10 Å². The number of rotatable bonds is 4. The van der Waals surface area contributed by atoms with Crippen molar-refractivity contribution >= 4 is 11.6 Å². The highest BCUT2D eigenvalue weighted by Crippen LogP contribution is 2.30. The van der Waals surface area contributed by atoms with Crippen molar-refractivity contribution < 1.29 is 14.8 Å². The van der Waals surface area contributed by atoms with Crippen LogP contribution in [0.2, 0.25) is 0 Å². The number of hydrogen-bond acceptors (Lipinski definition) is 5. The first-order valence-electron chi connectivity index (χ1n) is 6.09. The monoisotopic (exact) mass is 290 g/mol. The van der Waals surface area contributed by atoms with Crippen LogP contribution in [-0.2, 0) is 13.6 Å². The summed E-state index contributed by atoms with van der Waals surface area (Å²) in [5, 5.41) is 24.6. The van der Waals surface area contributed by atoms with E-state index in [0.29, 0.717) is 0 Å². The fourth-order valence-corrected chi connectivity index (χ4v) is 1.96. The van der Waals surface area contributed by atoms with E-state index in [2.05, 4.69) is 5.10 Å². The molecule has 0 aliphatic heterocycles. The Balaban J connectivity index is 2.23. The SMILES string of the molecule is CN(Cc1cnn(C)c1)C(=O)c1cccc([N+](=O)[O-])c1O. The van der Waals surface area contributed by atoms with Crippen molar-refractivity contribution in [2.45, 2.75) is 6.54 Å². The van der Waals surface area contributed by atoms with Crippen LogP contribution in [0, 0.1) is 10.1 Å². The number of hydrogen-bond donors (Lipinski definition) is 1. The summed E-state index contributed by atoms with van der Waals surface area (Å²) in [6.45, 7) is 0.287. The lowest BCUT2D eigenvalue weighted by Crippen LogP contribution is -2.26. The van der Waals surface area contributed by atoms with E-state index in [1.807, 2.05) is 0 Å². The maximum absolute atomic E-state index is 12.3. The fraction of sp³-hybridized carbons (Fsp3) is 0.231. The van der Waals surface area contributed by atoms with Gasteiger partial charge in [0.05, 0.1) is 16.7 Å². The molecule has 110 valence electrons. The fourth-order valence-electron chi connectivity index (χ4n) is 1.96. The largest absolute Gasteiger partial charge is 0.502 e. The number of nitro benzene ring substituents is 1. The number of carbonyl (C=O) groups excluding carboxylic acids is 1. The second-order valence-corrected chi connectivity index (χ2v) is 4.61. The molecule has 1 aromatic carbocycles. The Morgan fingerprint density at radius 1 is 1.52 bits per heavy atom. The molecule has 0 unspecified atom stereocenters. The van der Waals surface area contributed by atoms with E-state index in [1.165, 1.54) is 17.0 Å². The zero-order valence-electron chi connectivity index (χ0n) is 11.6. The Bertz CT molecular complexity index is 695. The zero-order chi connectivity index (χ0) is 15.6. The van der Waals surface area contributed by atoms with Crippen LogP contribution in [0.5, 0.6) is 5.75 Å². The lowest BCUT2D eigenvalue weighted by atomic mass is 10.1. The van der Waals surface area contributed by atoms with Gasteiger partial charge in [-0.15, -0.1) is 0 Å². The van der Waals surface area contributed by atoms with Crippen LogP contribution in [0.1, 0.15) is 15.9 Å². The molecule has 2 aromatic rings. The molecule has 2 rings (SSSR count). The van der Waals surface area contributed by atoms with Gasteiger partial charge in [-0.25, -0.2) is 0 Å². The number of aryl methyl sites for hydroxylation is 1. The third-order valence-corrected chi connectivity index (χ3v) is 2.97. The van der Waals surface area contributed by atoms with Crippen molar-refractivity contribution in [1.82, 2.24) is 14.7 Å². The molecule has 1 aromatic heterocycles. The van der Waals surface area contributed by atoms with Gasteiger partial charge in [0, 0.05) is 38.5 Å². The van der Waals surface area contributed by atoms with Gasteiger partial charge < -0.3 is 10.0 Å². The van der Waals surface area contributed by atoms with E-state index in [0.717, 1.165) is 11.6 Å². The molecular weight excluding hydrogens is 276 g/mol. The first-order valence-corrected chi connectivity index (χ1v) is 6.09. The standard InChI is InChI=1S/C13H14N4O4/c1-15(7-9-6-14-16(2)8-9)13(19)10-4-3-5-11(12(10)18)17(20)21/h3-6,8,18H,7H2,1-2H3. The summed E-state index contributed by atoms with van der Waals surface area (Å²) in [6, 6.07) is 3.86. The number of benzene rings is 1. The first-order chi connectivity index (χ1) is 9.90. The van der Waals surface area contributed by atoms with E-state index in [-0.39, 0.29) is 12.1 Å². The molecule has 21 heavy (non-hydrogen) atoms. The number of phenolic OH excluding ortho intramolecular Hbond substituents is 1. The molecule has 0 spiro atoms. The molecule has 1 N–H and O–H groups in total. The Hall–Kier alpha value is -2.90. The predicted octanol–water partition coefficient (Wildman–Crippen LogP) is 1.31. The number of aromatic nitrogens is 2. The van der Waals surface area contributed by atoms with Crippen LogP contribution in [0.15, 0.2) is 30.6 Å². The highest BCUT2D eigenvalue weighted by molar-refractivity contribution is 5.97. The molecule has 0 fully saturated rings. The molecular formula is C13H14N4O4. The normalized spacial score (nSPS) is 10.4. The summed E-state index contributed by atoms with van der Waals surface area (Å²) in [7, 11) is 3.31. The van der Waals surface area contributed by atoms with Crippen LogP contribution in [-0.4, -0.2) is 37.7 Å². The van der Waals surface area contributed by atoms with Crippen molar-refractivity contribution in [3.63, 3.8) is 0 Å². The molecule has 1 amide bonds. The summed E-state index contributed by atoms with van der Waals surface area (Å²) in [5.74, 6) is -1.12. The lowest BCUT2D eigenvalue weighted by Gasteiger charge is -2.16. The van der Waals surface area contributed by atoms with E-state index in [1.54, 1.807) is 31.2 Å². The molecule has 8 nitrogen and oxygen atoms in total. The van der Waals surface area contributed by atoms with Gasteiger partial charge in [-0.1, -0.05) is 6.07 Å². The quantitative estimate of drug-likeness (QED) is 0.675. The van der Waals surface area contributed by atoms with Crippen LogP contribution in [0.4, 0.5) is 5.69 Å². The average molecular weight is 290 g/mol. The third kappa shape index (κ3) is 2.99. The second-order valence-electron chi connectivity index (χ2n) is 4.61. The topological polar surface area (TPSA) is 102 Å². The average Bonchev–Trinajstić information content (AvgIpc) is 2.83. The van der Waals surface area contributed by atoms with Gasteiger partial charge in [0.1, 0.15) is 0 Å². The van der Waals surface area contributed by atoms with Crippen LogP contribution in [0.25, 0.3) is 0 Å². The Kier molecular flexibility index (Phi) is 3.88. The predicted molar refractivity (Wildman–Crippen MR) is 73.8 cm³/mol. The highest BCUT2D eigenvalue weighted by Gasteiger charge is 2.23. The summed E-state index contributed by atoms with van der Waals surface area (Å²) < 4.78 is 1.61. The number of nitro groups is 1. The lowest BCUT2D eigenvalue weighted by molar-refractivity contribution is -0.385. The highest BCUT2D eigenvalue weighted by atomic mass is 16.6. The van der Waals surface area contributed by atoms with E-state index >= 15 is 0 Å². The third-order valence-electron chi connectivity index (χ3n) is 2.97. The smallest absolute Gasteiger partial charge is 0.311 e. The molecule has 0 aliphatic rings. The van der Waals surface area contributed by atoms with Gasteiger partial charge >= 0.3 is 5.69 Å². The summed E-state index contributed by atoms with van der Waals surface area (Å²) in [5.41, 5.74) is 0.226. The molecule has 0 bridgehead atoms. The van der Waals surface area contributed by atoms with E-state index in [9.17, 15) is 20.0 Å². The van der Waals surface area contributed by atoms with Crippen LogP contribution in [0.3, 0.4) is 0 Å².